The number of nitrogens with zero attached hydrogens (tertiary/aromatic N) is 5. The number of aromatic nitrogens is 5. The molecule has 0 atom stereocenters. The molecule has 1 aliphatic rings. The minimum Gasteiger partial charge on any atom is -0.476 e. The van der Waals surface area contributed by atoms with Crippen LogP contribution in [0.2, 0.25) is 0 Å². The van der Waals surface area contributed by atoms with E-state index in [1.54, 1.807) is 12.3 Å². The van der Waals surface area contributed by atoms with Gasteiger partial charge in [-0.25, -0.2) is 15.0 Å². The lowest BCUT2D eigenvalue weighted by Crippen LogP contribution is -2.28. The molecule has 1 fully saturated rings. The highest BCUT2D eigenvalue weighted by molar-refractivity contribution is 5.94. The van der Waals surface area contributed by atoms with E-state index in [1.165, 1.54) is 5.56 Å². The number of rotatable bonds is 8. The fourth-order valence-electron chi connectivity index (χ4n) is 5.24. The molecule has 0 aliphatic heterocycles. The van der Waals surface area contributed by atoms with Crippen molar-refractivity contribution < 1.29 is 9.53 Å². The van der Waals surface area contributed by atoms with Gasteiger partial charge in [-0.15, -0.1) is 0 Å². The van der Waals surface area contributed by atoms with Crippen molar-refractivity contribution in [3.05, 3.63) is 121 Å². The maximum absolute atomic E-state index is 12.6. The maximum atomic E-state index is 12.6. The molecule has 7 rings (SSSR count). The smallest absolute Gasteiger partial charge is 0.251 e. The number of nitrogens with one attached hydrogen (secondary N) is 1. The van der Waals surface area contributed by atoms with Gasteiger partial charge in [0.25, 0.3) is 5.91 Å². The van der Waals surface area contributed by atoms with Crippen molar-refractivity contribution >= 4 is 22.6 Å². The first-order valence-electron chi connectivity index (χ1n) is 13.3. The van der Waals surface area contributed by atoms with Crippen LogP contribution in [0.5, 0.6) is 5.88 Å². The normalized spacial score (nSPS) is 13.8. The number of imidazole rings is 1. The van der Waals surface area contributed by atoms with E-state index in [-0.39, 0.29) is 11.3 Å². The molecule has 0 bridgehead atoms. The van der Waals surface area contributed by atoms with Gasteiger partial charge in [0.15, 0.2) is 0 Å². The van der Waals surface area contributed by atoms with E-state index >= 15 is 0 Å². The zero-order chi connectivity index (χ0) is 26.9. The molecule has 1 aliphatic carbocycles. The molecule has 4 heterocycles. The molecule has 4 aromatic heterocycles. The zero-order valence-electron chi connectivity index (χ0n) is 21.7. The van der Waals surface area contributed by atoms with Gasteiger partial charge >= 0.3 is 0 Å². The van der Waals surface area contributed by atoms with Gasteiger partial charge in [-0.05, 0) is 60.4 Å². The molecule has 8 nitrogen and oxygen atoms in total. The van der Waals surface area contributed by atoms with Crippen LogP contribution in [-0.2, 0) is 5.41 Å². The van der Waals surface area contributed by atoms with Crippen LogP contribution in [0.3, 0.4) is 0 Å². The number of carbonyl (C=O) groups is 1. The van der Waals surface area contributed by atoms with Crippen molar-refractivity contribution in [3.63, 3.8) is 0 Å². The predicted molar refractivity (Wildman–Crippen MR) is 152 cm³/mol. The first kappa shape index (κ1) is 24.0. The van der Waals surface area contributed by atoms with E-state index in [0.717, 1.165) is 40.6 Å². The summed E-state index contributed by atoms with van der Waals surface area (Å²) in [5.41, 5.74) is 5.86. The highest BCUT2D eigenvalue weighted by Gasteiger charge is 2.48. The van der Waals surface area contributed by atoms with Crippen LogP contribution in [0.4, 0.5) is 0 Å². The molecule has 1 N–H and O–H groups in total. The van der Waals surface area contributed by atoms with E-state index < -0.39 is 0 Å². The van der Waals surface area contributed by atoms with Crippen molar-refractivity contribution in [1.82, 2.24) is 29.7 Å². The van der Waals surface area contributed by atoms with E-state index in [1.807, 2.05) is 61.1 Å². The molecule has 0 radical (unpaired) electrons. The van der Waals surface area contributed by atoms with Crippen LogP contribution in [0, 0.1) is 0 Å². The summed E-state index contributed by atoms with van der Waals surface area (Å²) in [5.74, 6) is 1.06. The lowest BCUT2D eigenvalue weighted by Gasteiger charge is -2.16. The number of hydrogen-bond donors (Lipinski definition) is 1. The highest BCUT2D eigenvalue weighted by atomic mass is 16.5. The van der Waals surface area contributed by atoms with Crippen molar-refractivity contribution in [2.24, 2.45) is 0 Å². The fraction of sp³-hybridized carbons (Fsp3) is 0.156. The van der Waals surface area contributed by atoms with Gasteiger partial charge in [-0.2, -0.15) is 0 Å². The van der Waals surface area contributed by atoms with Crippen LogP contribution in [0.25, 0.3) is 27.8 Å². The fourth-order valence-corrected chi connectivity index (χ4v) is 5.24. The van der Waals surface area contributed by atoms with Crippen molar-refractivity contribution in [2.45, 2.75) is 18.3 Å². The summed E-state index contributed by atoms with van der Waals surface area (Å²) in [6.45, 7) is 0.730. The Morgan fingerprint density at radius 3 is 2.55 bits per heavy atom. The van der Waals surface area contributed by atoms with Crippen LogP contribution >= 0.6 is 0 Å². The Hall–Kier alpha value is -5.11. The number of hydrogen-bond acceptors (Lipinski definition) is 6. The van der Waals surface area contributed by atoms with Crippen LogP contribution in [-0.4, -0.2) is 43.4 Å². The molecule has 2 aromatic carbocycles. The average molecular weight is 527 g/mol. The number of amides is 1. The summed E-state index contributed by atoms with van der Waals surface area (Å²) in [5, 5.41) is 4.03. The number of fused-ring (bicyclic) bond motifs is 2. The summed E-state index contributed by atoms with van der Waals surface area (Å²) < 4.78 is 7.65. The Labute approximate surface area is 230 Å². The topological polar surface area (TPSA) is 94.3 Å². The molecule has 8 heteroatoms. The predicted octanol–water partition coefficient (Wildman–Crippen LogP) is 5.23. The number of carbonyl (C=O) groups excluding carboxylic acids is 1. The molecular weight excluding hydrogens is 500 g/mol. The second-order valence-corrected chi connectivity index (χ2v) is 10.00. The third-order valence-electron chi connectivity index (χ3n) is 7.52. The van der Waals surface area contributed by atoms with Gasteiger partial charge in [0.05, 0.1) is 24.0 Å². The van der Waals surface area contributed by atoms with Crippen LogP contribution in [0.15, 0.2) is 104 Å². The van der Waals surface area contributed by atoms with E-state index in [9.17, 15) is 4.79 Å². The van der Waals surface area contributed by atoms with Gasteiger partial charge < -0.3 is 10.1 Å². The second kappa shape index (κ2) is 9.89. The molecule has 0 saturated heterocycles. The Morgan fingerprint density at radius 1 is 0.875 bits per heavy atom. The third kappa shape index (κ3) is 4.43. The molecule has 0 spiro atoms. The number of benzene rings is 2. The van der Waals surface area contributed by atoms with Crippen molar-refractivity contribution in [3.8, 4) is 17.0 Å². The first-order valence-corrected chi connectivity index (χ1v) is 13.3. The minimum atomic E-state index is -0.150. The molecule has 1 saturated carbocycles. The quantitative estimate of drug-likeness (QED) is 0.273. The van der Waals surface area contributed by atoms with E-state index in [4.69, 9.17) is 4.74 Å². The Kier molecular flexibility index (Phi) is 5.92. The Morgan fingerprint density at radius 2 is 1.73 bits per heavy atom. The first-order chi connectivity index (χ1) is 19.7. The molecule has 40 heavy (non-hydrogen) atoms. The van der Waals surface area contributed by atoms with Gasteiger partial charge in [-0.1, -0.05) is 30.3 Å². The molecule has 1 amide bonds. The summed E-state index contributed by atoms with van der Waals surface area (Å²) in [7, 11) is 0. The summed E-state index contributed by atoms with van der Waals surface area (Å²) in [6, 6.07) is 23.6. The van der Waals surface area contributed by atoms with Crippen molar-refractivity contribution in [2.75, 3.05) is 13.2 Å². The average Bonchev–Trinajstić information content (AvgIpc) is 3.71. The van der Waals surface area contributed by atoms with Gasteiger partial charge in [0, 0.05) is 52.8 Å². The Balaban J connectivity index is 1.09. The monoisotopic (exact) mass is 526 g/mol. The number of pyridine rings is 2. The summed E-state index contributed by atoms with van der Waals surface area (Å²) >= 11 is 0. The van der Waals surface area contributed by atoms with Gasteiger partial charge in [0.2, 0.25) is 11.7 Å². The summed E-state index contributed by atoms with van der Waals surface area (Å²) in [4.78, 5) is 30.4. The molecular formula is C32H26N6O2. The van der Waals surface area contributed by atoms with E-state index in [0.29, 0.717) is 30.4 Å². The SMILES string of the molecule is O=C(NCCOc1ccccn1)c1ccc(-c2cnc3ncc(C4(c5ccc6ncccc6c5)CC4)n3c2)cc1. The highest BCUT2D eigenvalue weighted by Crippen LogP contribution is 2.53. The maximum Gasteiger partial charge on any atom is 0.251 e. The third-order valence-corrected chi connectivity index (χ3v) is 7.52. The molecule has 6 aromatic rings. The zero-order valence-corrected chi connectivity index (χ0v) is 21.7. The minimum absolute atomic E-state index is 0.0774. The second-order valence-electron chi connectivity index (χ2n) is 10.00. The lowest BCUT2D eigenvalue weighted by atomic mass is 9.91. The molecule has 196 valence electrons. The largest absolute Gasteiger partial charge is 0.476 e. The standard InChI is InChI=1S/C32H26N6O2/c39-30(35-16-17-40-29-5-1-2-14-34-29)23-8-6-22(7-9-23)25-19-36-31-37-20-28(38(31)21-25)32(12-13-32)26-10-11-27-24(18-26)4-3-15-33-27/h1-11,14-15,18-21H,12-13,16-17H2,(H,35,39). The van der Waals surface area contributed by atoms with Crippen LogP contribution < -0.4 is 10.1 Å². The van der Waals surface area contributed by atoms with Crippen LogP contribution in [0.1, 0.15) is 34.5 Å². The van der Waals surface area contributed by atoms with E-state index in [2.05, 4.69) is 60.1 Å². The number of ether oxygens (including phenoxy) is 1. The lowest BCUT2D eigenvalue weighted by molar-refractivity contribution is 0.0946. The summed E-state index contributed by atoms with van der Waals surface area (Å²) in [6.07, 6.45) is 11.5. The van der Waals surface area contributed by atoms with Gasteiger partial charge in [-0.3, -0.25) is 14.2 Å². The Bertz CT molecular complexity index is 1830. The van der Waals surface area contributed by atoms with Crippen molar-refractivity contribution in [1.29, 1.82) is 0 Å². The van der Waals surface area contributed by atoms with Gasteiger partial charge in [0.1, 0.15) is 6.61 Å². The molecule has 0 unspecified atom stereocenters.